The van der Waals surface area contributed by atoms with Crippen LogP contribution in [0.3, 0.4) is 0 Å². The van der Waals surface area contributed by atoms with Crippen molar-refractivity contribution in [2.24, 2.45) is 13.0 Å². The number of rotatable bonds is 6. The molecule has 0 aliphatic heterocycles. The first-order valence-corrected chi connectivity index (χ1v) is 11.4. The van der Waals surface area contributed by atoms with Crippen molar-refractivity contribution in [1.82, 2.24) is 19.8 Å². The smallest absolute Gasteiger partial charge is 0.269 e. The van der Waals surface area contributed by atoms with Crippen LogP contribution in [0.15, 0.2) is 24.7 Å². The van der Waals surface area contributed by atoms with Gasteiger partial charge in [-0.3, -0.25) is 10.2 Å². The molecule has 158 valence electrons. The number of sulfonamides is 1. The minimum Gasteiger partial charge on any atom is -0.340 e. The summed E-state index contributed by atoms with van der Waals surface area (Å²) in [6, 6.07) is 2.66. The van der Waals surface area contributed by atoms with E-state index in [0.29, 0.717) is 11.3 Å². The summed E-state index contributed by atoms with van der Waals surface area (Å²) < 4.78 is 41.2. The molecule has 2 N–H and O–H groups in total. The molecular formula is C19H24ClFN4O3S. The summed E-state index contributed by atoms with van der Waals surface area (Å²) in [5.74, 6) is -1.82. The fraction of sp³-hybridized carbons (Fsp3) is 0.474. The molecule has 1 unspecified atom stereocenters. The first-order chi connectivity index (χ1) is 13.7. The Bertz CT molecular complexity index is 1000. The van der Waals surface area contributed by atoms with Gasteiger partial charge in [-0.15, -0.1) is 4.83 Å². The lowest BCUT2D eigenvalue weighted by atomic mass is 9.87. The van der Waals surface area contributed by atoms with E-state index in [-0.39, 0.29) is 16.5 Å². The molecule has 3 rings (SSSR count). The largest absolute Gasteiger partial charge is 0.340 e. The number of aryl methyl sites for hydroxylation is 1. The van der Waals surface area contributed by atoms with E-state index in [4.69, 9.17) is 11.6 Å². The first-order valence-electron chi connectivity index (χ1n) is 9.47. The Balaban J connectivity index is 1.75. The van der Waals surface area contributed by atoms with Gasteiger partial charge in [-0.2, -0.15) is 0 Å². The molecule has 1 aromatic heterocycles. The zero-order valence-electron chi connectivity index (χ0n) is 16.3. The lowest BCUT2D eigenvalue weighted by Crippen LogP contribution is -2.47. The van der Waals surface area contributed by atoms with E-state index in [1.807, 2.05) is 0 Å². The molecule has 1 aliphatic rings. The quantitative estimate of drug-likeness (QED) is 0.670. The van der Waals surface area contributed by atoms with Gasteiger partial charge in [0.05, 0.1) is 27.9 Å². The highest BCUT2D eigenvalue weighted by Gasteiger charge is 2.31. The van der Waals surface area contributed by atoms with Crippen LogP contribution >= 0.6 is 11.6 Å². The van der Waals surface area contributed by atoms with Crippen LogP contribution in [0.2, 0.25) is 5.02 Å². The average Bonchev–Trinajstić information content (AvgIpc) is 3.14. The minimum absolute atomic E-state index is 0.0387. The van der Waals surface area contributed by atoms with E-state index in [2.05, 4.69) is 15.2 Å². The van der Waals surface area contributed by atoms with Crippen LogP contribution in [0.25, 0.3) is 11.3 Å². The third kappa shape index (κ3) is 4.96. The molecular weight excluding hydrogens is 419 g/mol. The molecule has 7 nitrogen and oxygen atoms in total. The molecule has 0 spiro atoms. The number of benzene rings is 1. The van der Waals surface area contributed by atoms with Gasteiger partial charge in [-0.25, -0.2) is 17.8 Å². The second-order valence-corrected chi connectivity index (χ2v) is 9.89. The van der Waals surface area contributed by atoms with Gasteiger partial charge in [0.1, 0.15) is 0 Å². The normalized spacial score (nSPS) is 16.6. The fourth-order valence-corrected chi connectivity index (χ4v) is 5.02. The maximum Gasteiger partial charge on any atom is 0.269 e. The van der Waals surface area contributed by atoms with E-state index in [9.17, 15) is 17.6 Å². The number of hydrazine groups is 1. The molecule has 1 aromatic carbocycles. The third-order valence-corrected chi connectivity index (χ3v) is 7.41. The topological polar surface area (TPSA) is 93.1 Å². The van der Waals surface area contributed by atoms with E-state index in [0.717, 1.165) is 32.1 Å². The van der Waals surface area contributed by atoms with Crippen molar-refractivity contribution in [2.75, 3.05) is 0 Å². The number of nitrogens with one attached hydrogen (secondary N) is 2. The number of hydrogen-bond donors (Lipinski definition) is 2. The summed E-state index contributed by atoms with van der Waals surface area (Å²) in [5, 5.41) is -0.909. The van der Waals surface area contributed by atoms with Gasteiger partial charge in [0.25, 0.3) is 5.91 Å². The number of nitrogens with zero attached hydrogens (tertiary/aromatic N) is 2. The fourth-order valence-electron chi connectivity index (χ4n) is 3.60. The van der Waals surface area contributed by atoms with Crippen molar-refractivity contribution in [3.05, 3.63) is 41.1 Å². The molecule has 1 fully saturated rings. The van der Waals surface area contributed by atoms with E-state index >= 15 is 0 Å². The average molecular weight is 443 g/mol. The maximum atomic E-state index is 14.4. The summed E-state index contributed by atoms with van der Waals surface area (Å²) in [5.41, 5.74) is 2.69. The highest BCUT2D eigenvalue weighted by Crippen LogP contribution is 2.29. The molecule has 1 amide bonds. The Labute approximate surface area is 174 Å². The van der Waals surface area contributed by atoms with Gasteiger partial charge < -0.3 is 4.57 Å². The monoisotopic (exact) mass is 442 g/mol. The van der Waals surface area contributed by atoms with Gasteiger partial charge in [-0.05, 0) is 37.8 Å². The van der Waals surface area contributed by atoms with Gasteiger partial charge in [0, 0.05) is 18.8 Å². The number of imidazole rings is 1. The second kappa shape index (κ2) is 8.81. The summed E-state index contributed by atoms with van der Waals surface area (Å²) >= 11 is 5.93. The molecule has 0 radical (unpaired) electrons. The van der Waals surface area contributed by atoms with Gasteiger partial charge in [0.15, 0.2) is 5.82 Å². The number of carbonyl (C=O) groups is 1. The van der Waals surface area contributed by atoms with Crippen LogP contribution < -0.4 is 10.3 Å². The summed E-state index contributed by atoms with van der Waals surface area (Å²) in [6.45, 7) is 1.63. The SMILES string of the molecule is CC(C1CCCCC1)S(=O)(=O)NNC(=O)c1cc(-c2cn(C)cn2)cc(Cl)c1F. The number of halogens is 2. The molecule has 0 saturated heterocycles. The zero-order chi connectivity index (χ0) is 21.2. The standard InChI is InChI=1S/C19H24ClFN4O3S/c1-12(13-6-4-3-5-7-13)29(27,28)24-23-19(26)15-8-14(9-16(20)18(15)21)17-10-25(2)11-22-17/h8-13,24H,3-7H2,1-2H3,(H,23,26). The van der Waals surface area contributed by atoms with E-state index in [1.165, 1.54) is 12.1 Å². The number of amides is 1. The van der Waals surface area contributed by atoms with Crippen molar-refractivity contribution in [2.45, 2.75) is 44.3 Å². The third-order valence-electron chi connectivity index (χ3n) is 5.38. The van der Waals surface area contributed by atoms with Crippen molar-refractivity contribution in [3.8, 4) is 11.3 Å². The molecule has 0 bridgehead atoms. The maximum absolute atomic E-state index is 14.4. The van der Waals surface area contributed by atoms with Crippen LogP contribution in [0, 0.1) is 11.7 Å². The predicted octanol–water partition coefficient (Wildman–Crippen LogP) is 3.41. The summed E-state index contributed by atoms with van der Waals surface area (Å²) in [4.78, 5) is 18.8. The van der Waals surface area contributed by atoms with E-state index < -0.39 is 27.0 Å². The molecule has 2 aromatic rings. The van der Waals surface area contributed by atoms with E-state index in [1.54, 1.807) is 31.1 Å². The molecule has 10 heteroatoms. The number of aromatic nitrogens is 2. The summed E-state index contributed by atoms with van der Waals surface area (Å²) in [7, 11) is -2.02. The molecule has 1 heterocycles. The summed E-state index contributed by atoms with van der Waals surface area (Å²) in [6.07, 6.45) is 8.05. The molecule has 1 aliphatic carbocycles. The first kappa shape index (κ1) is 21.7. The lowest BCUT2D eigenvalue weighted by Gasteiger charge is -2.27. The second-order valence-electron chi connectivity index (χ2n) is 7.45. The van der Waals surface area contributed by atoms with Gasteiger partial charge in [0.2, 0.25) is 10.0 Å². The highest BCUT2D eigenvalue weighted by molar-refractivity contribution is 7.90. The molecule has 29 heavy (non-hydrogen) atoms. The van der Waals surface area contributed by atoms with Crippen LogP contribution in [0.5, 0.6) is 0 Å². The lowest BCUT2D eigenvalue weighted by molar-refractivity contribution is 0.0940. The Hall–Kier alpha value is -1.97. The Morgan fingerprint density at radius 2 is 2.00 bits per heavy atom. The predicted molar refractivity (Wildman–Crippen MR) is 109 cm³/mol. The van der Waals surface area contributed by atoms with Crippen LogP contribution in [0.1, 0.15) is 49.4 Å². The van der Waals surface area contributed by atoms with Crippen molar-refractivity contribution in [3.63, 3.8) is 0 Å². The van der Waals surface area contributed by atoms with Crippen LogP contribution in [0.4, 0.5) is 4.39 Å². The van der Waals surface area contributed by atoms with Crippen LogP contribution in [-0.4, -0.2) is 29.1 Å². The Kier molecular flexibility index (Phi) is 6.60. The number of carbonyl (C=O) groups excluding carboxylic acids is 1. The highest BCUT2D eigenvalue weighted by atomic mass is 35.5. The van der Waals surface area contributed by atoms with Crippen molar-refractivity contribution in [1.29, 1.82) is 0 Å². The van der Waals surface area contributed by atoms with Gasteiger partial charge >= 0.3 is 0 Å². The number of hydrogen-bond acceptors (Lipinski definition) is 4. The Morgan fingerprint density at radius 1 is 1.31 bits per heavy atom. The molecule has 1 atom stereocenters. The van der Waals surface area contributed by atoms with Crippen molar-refractivity contribution >= 4 is 27.5 Å². The Morgan fingerprint density at radius 3 is 2.62 bits per heavy atom. The molecule has 1 saturated carbocycles. The zero-order valence-corrected chi connectivity index (χ0v) is 17.9. The van der Waals surface area contributed by atoms with Gasteiger partial charge in [-0.1, -0.05) is 30.9 Å². The minimum atomic E-state index is -3.80. The van der Waals surface area contributed by atoms with Crippen LogP contribution in [-0.2, 0) is 17.1 Å². The van der Waals surface area contributed by atoms with Crippen molar-refractivity contribution < 1.29 is 17.6 Å².